The van der Waals surface area contributed by atoms with E-state index >= 15 is 0 Å². The van der Waals surface area contributed by atoms with Crippen LogP contribution in [0.25, 0.3) is 27.9 Å². The molecule has 0 bridgehead atoms. The average molecular weight is 512 g/mol. The van der Waals surface area contributed by atoms with E-state index in [0.717, 1.165) is 5.39 Å². The maximum atomic E-state index is 13.7. The third-order valence-electron chi connectivity index (χ3n) is 6.71. The zero-order valence-electron chi connectivity index (χ0n) is 20.2. The molecule has 1 saturated heterocycles. The van der Waals surface area contributed by atoms with Crippen LogP contribution in [0, 0.1) is 15.9 Å². The molecule has 3 heterocycles. The molecule has 0 saturated carbocycles. The van der Waals surface area contributed by atoms with E-state index in [2.05, 4.69) is 10.2 Å². The molecule has 1 aliphatic heterocycles. The number of carbonyl (C=O) groups excluding carboxylic acids is 1. The summed E-state index contributed by atoms with van der Waals surface area (Å²) in [7, 11) is 0. The lowest BCUT2D eigenvalue weighted by atomic mass is 10.1. The fourth-order valence-corrected chi connectivity index (χ4v) is 4.90. The molecule has 10 nitrogen and oxygen atoms in total. The second kappa shape index (κ2) is 9.51. The van der Waals surface area contributed by atoms with Crippen molar-refractivity contribution in [3.63, 3.8) is 0 Å². The van der Waals surface area contributed by atoms with E-state index in [9.17, 15) is 19.3 Å². The van der Waals surface area contributed by atoms with Gasteiger partial charge in [0.05, 0.1) is 16.0 Å². The number of amides is 1. The summed E-state index contributed by atoms with van der Waals surface area (Å²) in [6.07, 6.45) is 0.653. The normalized spacial score (nSPS) is 14.1. The first-order valence-corrected chi connectivity index (χ1v) is 12.2. The number of nitro groups is 1. The number of carbonyl (C=O) groups is 1. The third-order valence-corrected chi connectivity index (χ3v) is 6.71. The third kappa shape index (κ3) is 4.07. The number of para-hydroxylation sites is 2. The number of benzene rings is 3. The molecule has 38 heavy (non-hydrogen) atoms. The van der Waals surface area contributed by atoms with E-state index in [4.69, 9.17) is 4.98 Å². The first-order chi connectivity index (χ1) is 18.5. The van der Waals surface area contributed by atoms with Crippen molar-refractivity contribution in [2.45, 2.75) is 6.42 Å². The van der Waals surface area contributed by atoms with Crippen LogP contribution in [0.5, 0.6) is 0 Å². The molecular formula is C27H22FN7O3. The molecular weight excluding hydrogens is 489 g/mol. The lowest BCUT2D eigenvalue weighted by Crippen LogP contribution is -2.36. The van der Waals surface area contributed by atoms with Crippen LogP contribution < -0.4 is 4.90 Å². The zero-order valence-corrected chi connectivity index (χ0v) is 20.2. The quantitative estimate of drug-likeness (QED) is 0.261. The number of fused-ring (bicyclic) bond motifs is 3. The van der Waals surface area contributed by atoms with Crippen LogP contribution in [0.1, 0.15) is 16.8 Å². The highest BCUT2D eigenvalue weighted by Gasteiger charge is 2.27. The fraction of sp³-hybridized carbons (Fsp3) is 0.185. The van der Waals surface area contributed by atoms with E-state index in [1.807, 2.05) is 29.2 Å². The molecule has 0 unspecified atom stereocenters. The predicted molar refractivity (Wildman–Crippen MR) is 140 cm³/mol. The Kier molecular flexibility index (Phi) is 5.87. The summed E-state index contributed by atoms with van der Waals surface area (Å²) < 4.78 is 15.5. The minimum absolute atomic E-state index is 0.0800. The van der Waals surface area contributed by atoms with E-state index < -0.39 is 10.7 Å². The second-order valence-electron chi connectivity index (χ2n) is 9.03. The van der Waals surface area contributed by atoms with Crippen molar-refractivity contribution >= 4 is 34.1 Å². The standard InChI is InChI=1S/C27H22FN7O3/c28-19-8-5-7-18(17-19)26(36)32-13-6-14-33(16-15-32)27-29-22-11-3-1-9-20(22)24-30-31-25(34(24)27)21-10-2-4-12-23(21)35(37)38/h1-5,7-12,17H,6,13-16H2. The largest absolute Gasteiger partial charge is 0.340 e. The molecule has 1 fully saturated rings. The van der Waals surface area contributed by atoms with Gasteiger partial charge < -0.3 is 9.80 Å². The van der Waals surface area contributed by atoms with Crippen molar-refractivity contribution in [1.29, 1.82) is 0 Å². The Balaban J connectivity index is 1.43. The summed E-state index contributed by atoms with van der Waals surface area (Å²) in [6.45, 7) is 1.94. The van der Waals surface area contributed by atoms with Crippen molar-refractivity contribution in [3.05, 3.63) is 94.3 Å². The Hall–Kier alpha value is -4.93. The molecule has 0 N–H and O–H groups in total. The van der Waals surface area contributed by atoms with Gasteiger partial charge in [0.1, 0.15) is 5.82 Å². The average Bonchev–Trinajstić information content (AvgIpc) is 3.23. The SMILES string of the molecule is O=C(c1cccc(F)c1)N1CCCN(c2nc3ccccc3c3nnc(-c4ccccc4[N+](=O)[O-])n23)CC1. The number of hydrogen-bond donors (Lipinski definition) is 0. The first-order valence-electron chi connectivity index (χ1n) is 12.2. The second-order valence-corrected chi connectivity index (χ2v) is 9.03. The summed E-state index contributed by atoms with van der Waals surface area (Å²) in [5.41, 5.74) is 1.82. The molecule has 5 aromatic rings. The van der Waals surface area contributed by atoms with Gasteiger partial charge in [-0.15, -0.1) is 10.2 Å². The maximum absolute atomic E-state index is 13.7. The van der Waals surface area contributed by atoms with Crippen molar-refractivity contribution in [2.24, 2.45) is 0 Å². The molecule has 11 heteroatoms. The zero-order chi connectivity index (χ0) is 26.2. The van der Waals surface area contributed by atoms with Crippen LogP contribution >= 0.6 is 0 Å². The summed E-state index contributed by atoms with van der Waals surface area (Å²) in [5.74, 6) is 0.174. The van der Waals surface area contributed by atoms with Crippen molar-refractivity contribution in [1.82, 2.24) is 24.5 Å². The molecule has 0 radical (unpaired) electrons. The fourth-order valence-electron chi connectivity index (χ4n) is 4.90. The first kappa shape index (κ1) is 23.5. The summed E-state index contributed by atoms with van der Waals surface area (Å²) in [6, 6.07) is 19.6. The number of aromatic nitrogens is 4. The Morgan fingerprint density at radius 1 is 0.921 bits per heavy atom. The summed E-state index contributed by atoms with van der Waals surface area (Å²) in [5, 5.41) is 21.4. The predicted octanol–water partition coefficient (Wildman–Crippen LogP) is 4.34. The van der Waals surface area contributed by atoms with Gasteiger partial charge >= 0.3 is 0 Å². The van der Waals surface area contributed by atoms with Crippen molar-refractivity contribution in [2.75, 3.05) is 31.1 Å². The number of halogens is 1. The highest BCUT2D eigenvalue weighted by Crippen LogP contribution is 2.33. The van der Waals surface area contributed by atoms with Gasteiger partial charge in [0.15, 0.2) is 11.5 Å². The van der Waals surface area contributed by atoms with Gasteiger partial charge in [-0.2, -0.15) is 0 Å². The Bertz CT molecular complexity index is 1700. The molecule has 0 spiro atoms. The summed E-state index contributed by atoms with van der Waals surface area (Å²) in [4.78, 5) is 33.1. The van der Waals surface area contributed by atoms with E-state index in [0.29, 0.717) is 66.7 Å². The Labute approximate surface area is 216 Å². The van der Waals surface area contributed by atoms with Crippen LogP contribution in [0.3, 0.4) is 0 Å². The molecule has 0 aliphatic carbocycles. The van der Waals surface area contributed by atoms with Gasteiger partial charge in [-0.05, 0) is 42.8 Å². The summed E-state index contributed by atoms with van der Waals surface area (Å²) >= 11 is 0. The topological polar surface area (TPSA) is 110 Å². The highest BCUT2D eigenvalue weighted by atomic mass is 19.1. The van der Waals surface area contributed by atoms with E-state index in [-0.39, 0.29) is 11.6 Å². The highest BCUT2D eigenvalue weighted by molar-refractivity contribution is 5.95. The van der Waals surface area contributed by atoms with Crippen molar-refractivity contribution < 1.29 is 14.1 Å². The van der Waals surface area contributed by atoms with Gasteiger partial charge in [-0.1, -0.05) is 30.3 Å². The Morgan fingerprint density at radius 2 is 1.74 bits per heavy atom. The minimum Gasteiger partial charge on any atom is -0.340 e. The number of nitrogens with zero attached hydrogens (tertiary/aromatic N) is 7. The van der Waals surface area contributed by atoms with Crippen LogP contribution in [-0.2, 0) is 0 Å². The molecule has 190 valence electrons. The van der Waals surface area contributed by atoms with E-state index in [1.54, 1.807) is 33.6 Å². The molecule has 1 aliphatic rings. The van der Waals surface area contributed by atoms with Crippen LogP contribution in [0.2, 0.25) is 0 Å². The van der Waals surface area contributed by atoms with Crippen LogP contribution in [0.15, 0.2) is 72.8 Å². The number of nitro benzene ring substituents is 1. The van der Waals surface area contributed by atoms with Crippen LogP contribution in [-0.4, -0.2) is 61.5 Å². The van der Waals surface area contributed by atoms with Gasteiger partial charge in [0, 0.05) is 43.2 Å². The minimum atomic E-state index is -0.454. The van der Waals surface area contributed by atoms with Gasteiger partial charge in [0.25, 0.3) is 11.6 Å². The Morgan fingerprint density at radius 3 is 2.58 bits per heavy atom. The number of hydrogen-bond acceptors (Lipinski definition) is 7. The molecule has 6 rings (SSSR count). The van der Waals surface area contributed by atoms with Gasteiger partial charge in [-0.3, -0.25) is 14.9 Å². The monoisotopic (exact) mass is 511 g/mol. The number of rotatable bonds is 4. The van der Waals surface area contributed by atoms with Gasteiger partial charge in [0.2, 0.25) is 5.95 Å². The van der Waals surface area contributed by atoms with Crippen molar-refractivity contribution in [3.8, 4) is 11.4 Å². The van der Waals surface area contributed by atoms with E-state index in [1.165, 1.54) is 24.3 Å². The smallest absolute Gasteiger partial charge is 0.280 e. The van der Waals surface area contributed by atoms with Crippen LogP contribution in [0.4, 0.5) is 16.0 Å². The van der Waals surface area contributed by atoms with Gasteiger partial charge in [-0.25, -0.2) is 13.8 Å². The molecule has 0 atom stereocenters. The number of anilines is 1. The lowest BCUT2D eigenvalue weighted by molar-refractivity contribution is -0.384. The molecule has 3 aromatic carbocycles. The lowest BCUT2D eigenvalue weighted by Gasteiger charge is -2.24. The molecule has 1 amide bonds. The maximum Gasteiger partial charge on any atom is 0.280 e. The molecule has 2 aromatic heterocycles.